The number of aromatic nitrogens is 1. The van der Waals surface area contributed by atoms with Crippen LogP contribution in [0, 0.1) is 17.3 Å². The van der Waals surface area contributed by atoms with Crippen LogP contribution in [0.25, 0.3) is 0 Å². The molecule has 4 nitrogen and oxygen atoms in total. The van der Waals surface area contributed by atoms with Gasteiger partial charge in [-0.2, -0.15) is 9.65 Å². The van der Waals surface area contributed by atoms with Gasteiger partial charge < -0.3 is 5.32 Å². The molecule has 2 aromatic heterocycles. The number of nitriles is 1. The molecule has 0 atom stereocenters. The summed E-state index contributed by atoms with van der Waals surface area (Å²) in [6.45, 7) is 0. The average Bonchev–Trinajstić information content (AvgIpc) is 2.98. The van der Waals surface area contributed by atoms with Crippen LogP contribution in [0.15, 0.2) is 18.2 Å². The summed E-state index contributed by atoms with van der Waals surface area (Å²) in [5.41, 5.74) is 1.58. The highest BCUT2D eigenvalue weighted by molar-refractivity contribution is 7.16. The Morgan fingerprint density at radius 3 is 3.05 bits per heavy atom. The van der Waals surface area contributed by atoms with E-state index in [0.29, 0.717) is 10.6 Å². The Morgan fingerprint density at radius 1 is 1.45 bits per heavy atom. The minimum Gasteiger partial charge on any atom is -0.311 e. The molecule has 1 aliphatic rings. The first-order chi connectivity index (χ1) is 9.69. The first-order valence-corrected chi connectivity index (χ1v) is 6.99. The third kappa shape index (κ3) is 2.17. The van der Waals surface area contributed by atoms with Crippen molar-refractivity contribution >= 4 is 22.2 Å². The summed E-state index contributed by atoms with van der Waals surface area (Å²) in [6.07, 6.45) is 2.88. The number of pyridine rings is 1. The third-order valence-corrected chi connectivity index (χ3v) is 4.42. The first-order valence-electron chi connectivity index (χ1n) is 6.17. The summed E-state index contributed by atoms with van der Waals surface area (Å²) in [7, 11) is 0. The van der Waals surface area contributed by atoms with Crippen LogP contribution in [0.1, 0.15) is 32.9 Å². The van der Waals surface area contributed by atoms with E-state index in [4.69, 9.17) is 0 Å². The maximum absolute atomic E-state index is 13.0. The standard InChI is InChI=1S/C14H10FN3OS/c15-12-6-2-4-10(17-12)13(19)18-14-9(7-16)8-3-1-5-11(8)20-14/h2,4,6H,1,3,5H2,(H,18,19). The molecule has 0 spiro atoms. The molecule has 20 heavy (non-hydrogen) atoms. The van der Waals surface area contributed by atoms with E-state index in [9.17, 15) is 14.4 Å². The number of nitrogens with one attached hydrogen (secondary N) is 1. The number of carbonyl (C=O) groups excluding carboxylic acids is 1. The Morgan fingerprint density at radius 2 is 2.30 bits per heavy atom. The van der Waals surface area contributed by atoms with Crippen LogP contribution in [0.5, 0.6) is 0 Å². The lowest BCUT2D eigenvalue weighted by Gasteiger charge is -2.03. The topological polar surface area (TPSA) is 65.8 Å². The summed E-state index contributed by atoms with van der Waals surface area (Å²) >= 11 is 1.42. The minimum absolute atomic E-state index is 0.00227. The average molecular weight is 287 g/mol. The molecule has 2 heterocycles. The molecular weight excluding hydrogens is 277 g/mol. The van der Waals surface area contributed by atoms with E-state index in [2.05, 4.69) is 16.4 Å². The van der Waals surface area contributed by atoms with Gasteiger partial charge in [-0.05, 0) is 37.0 Å². The summed E-state index contributed by atoms with van der Waals surface area (Å²) in [6, 6.07) is 6.19. The normalized spacial score (nSPS) is 12.8. The quantitative estimate of drug-likeness (QED) is 0.864. The van der Waals surface area contributed by atoms with Crippen molar-refractivity contribution in [2.75, 3.05) is 5.32 Å². The molecule has 3 rings (SSSR count). The third-order valence-electron chi connectivity index (χ3n) is 3.21. The van der Waals surface area contributed by atoms with E-state index >= 15 is 0 Å². The van der Waals surface area contributed by atoms with Gasteiger partial charge in [0, 0.05) is 4.88 Å². The van der Waals surface area contributed by atoms with Gasteiger partial charge in [0.2, 0.25) is 5.95 Å². The van der Waals surface area contributed by atoms with E-state index < -0.39 is 11.9 Å². The molecule has 100 valence electrons. The molecule has 0 aliphatic heterocycles. The number of halogens is 1. The fourth-order valence-electron chi connectivity index (χ4n) is 2.31. The number of anilines is 1. The number of nitrogens with zero attached hydrogens (tertiary/aromatic N) is 2. The van der Waals surface area contributed by atoms with Crippen molar-refractivity contribution in [3.05, 3.63) is 45.8 Å². The van der Waals surface area contributed by atoms with Crippen LogP contribution in [0.2, 0.25) is 0 Å². The van der Waals surface area contributed by atoms with Crippen LogP contribution in [0.3, 0.4) is 0 Å². The summed E-state index contributed by atoms with van der Waals surface area (Å²) in [5.74, 6) is -1.20. The second-order valence-electron chi connectivity index (χ2n) is 4.47. The zero-order valence-corrected chi connectivity index (χ0v) is 11.3. The number of hydrogen-bond acceptors (Lipinski definition) is 4. The molecular formula is C14H10FN3OS. The molecule has 0 unspecified atom stereocenters. The van der Waals surface area contributed by atoms with E-state index in [-0.39, 0.29) is 5.69 Å². The van der Waals surface area contributed by atoms with Crippen molar-refractivity contribution in [2.24, 2.45) is 0 Å². The Bertz CT molecular complexity index is 733. The number of carbonyl (C=O) groups is 1. The summed E-state index contributed by atoms with van der Waals surface area (Å²) < 4.78 is 13.0. The molecule has 0 radical (unpaired) electrons. The second-order valence-corrected chi connectivity index (χ2v) is 5.58. The van der Waals surface area contributed by atoms with Crippen molar-refractivity contribution in [1.82, 2.24) is 4.98 Å². The highest BCUT2D eigenvalue weighted by Crippen LogP contribution is 2.38. The van der Waals surface area contributed by atoms with Gasteiger partial charge in [-0.25, -0.2) is 4.98 Å². The van der Waals surface area contributed by atoms with Gasteiger partial charge in [-0.15, -0.1) is 11.3 Å². The molecule has 0 saturated heterocycles. The molecule has 6 heteroatoms. The Hall–Kier alpha value is -2.26. The predicted octanol–water partition coefficient (Wildman–Crippen LogP) is 2.89. The van der Waals surface area contributed by atoms with Crippen molar-refractivity contribution in [3.8, 4) is 6.07 Å². The zero-order valence-electron chi connectivity index (χ0n) is 10.4. The molecule has 1 amide bonds. The monoisotopic (exact) mass is 287 g/mol. The van der Waals surface area contributed by atoms with Gasteiger partial charge in [0.15, 0.2) is 0 Å². The molecule has 0 fully saturated rings. The maximum Gasteiger partial charge on any atom is 0.275 e. The van der Waals surface area contributed by atoms with Crippen LogP contribution in [-0.4, -0.2) is 10.9 Å². The SMILES string of the molecule is N#Cc1c(NC(=O)c2cccc(F)n2)sc2c1CCC2. The van der Waals surface area contributed by atoms with Gasteiger partial charge in [-0.1, -0.05) is 6.07 Å². The molecule has 1 aliphatic carbocycles. The Labute approximate surface area is 118 Å². The van der Waals surface area contributed by atoms with Gasteiger partial charge in [0.1, 0.15) is 16.8 Å². The zero-order chi connectivity index (χ0) is 14.1. The number of amides is 1. The summed E-state index contributed by atoms with van der Waals surface area (Å²) in [5, 5.41) is 12.4. The number of aryl methyl sites for hydroxylation is 1. The molecule has 0 aromatic carbocycles. The van der Waals surface area contributed by atoms with E-state index in [1.165, 1.54) is 29.5 Å². The number of thiophene rings is 1. The largest absolute Gasteiger partial charge is 0.311 e. The van der Waals surface area contributed by atoms with Crippen LogP contribution in [0.4, 0.5) is 9.39 Å². The van der Waals surface area contributed by atoms with Crippen molar-refractivity contribution in [2.45, 2.75) is 19.3 Å². The van der Waals surface area contributed by atoms with Crippen LogP contribution in [-0.2, 0) is 12.8 Å². The van der Waals surface area contributed by atoms with E-state index in [1.54, 1.807) is 0 Å². The van der Waals surface area contributed by atoms with Crippen LogP contribution >= 0.6 is 11.3 Å². The maximum atomic E-state index is 13.0. The van der Waals surface area contributed by atoms with Gasteiger partial charge in [-0.3, -0.25) is 4.79 Å². The lowest BCUT2D eigenvalue weighted by Crippen LogP contribution is -2.14. The highest BCUT2D eigenvalue weighted by Gasteiger charge is 2.23. The minimum atomic E-state index is -0.702. The molecule has 0 bridgehead atoms. The predicted molar refractivity (Wildman–Crippen MR) is 73.2 cm³/mol. The fourth-order valence-corrected chi connectivity index (χ4v) is 3.55. The van der Waals surface area contributed by atoms with Gasteiger partial charge in [0.25, 0.3) is 5.91 Å². The Kier molecular flexibility index (Phi) is 3.20. The van der Waals surface area contributed by atoms with Crippen molar-refractivity contribution in [1.29, 1.82) is 5.26 Å². The molecule has 1 N–H and O–H groups in total. The lowest BCUT2D eigenvalue weighted by atomic mass is 10.1. The van der Waals surface area contributed by atoms with E-state index in [1.807, 2.05) is 0 Å². The molecule has 0 saturated carbocycles. The van der Waals surface area contributed by atoms with Crippen molar-refractivity contribution < 1.29 is 9.18 Å². The second kappa shape index (κ2) is 5.02. The highest BCUT2D eigenvalue weighted by atomic mass is 32.1. The fraction of sp³-hybridized carbons (Fsp3) is 0.214. The van der Waals surface area contributed by atoms with Gasteiger partial charge >= 0.3 is 0 Å². The first kappa shape index (κ1) is 12.8. The lowest BCUT2D eigenvalue weighted by molar-refractivity contribution is 0.102. The Balaban J connectivity index is 1.89. The van der Waals surface area contributed by atoms with Gasteiger partial charge in [0.05, 0.1) is 5.56 Å². The van der Waals surface area contributed by atoms with E-state index in [0.717, 1.165) is 29.7 Å². The number of rotatable bonds is 2. The van der Waals surface area contributed by atoms with Crippen molar-refractivity contribution in [3.63, 3.8) is 0 Å². The number of hydrogen-bond donors (Lipinski definition) is 1. The summed E-state index contributed by atoms with van der Waals surface area (Å²) in [4.78, 5) is 16.7. The van der Waals surface area contributed by atoms with Crippen LogP contribution < -0.4 is 5.32 Å². The smallest absolute Gasteiger partial charge is 0.275 e. The number of fused-ring (bicyclic) bond motifs is 1. The molecule has 2 aromatic rings.